The molecular weight excluding hydrogens is 512 g/mol. The molecule has 1 N–H and O–H groups in total. The average molecular weight is 545 g/mol. The van der Waals surface area contributed by atoms with E-state index >= 15 is 0 Å². The third-order valence-corrected chi connectivity index (χ3v) is 7.37. The molecule has 1 amide bonds. The molecule has 4 aromatic rings. The largest absolute Gasteiger partial charge is 0.493 e. The molecule has 1 unspecified atom stereocenters. The Morgan fingerprint density at radius 3 is 2.08 bits per heavy atom. The number of aromatic nitrogens is 1. The summed E-state index contributed by atoms with van der Waals surface area (Å²) in [6.07, 6.45) is 0.562. The van der Waals surface area contributed by atoms with Crippen LogP contribution in [0.1, 0.15) is 38.7 Å². The predicted octanol–water partition coefficient (Wildman–Crippen LogP) is 4.67. The topological polar surface area (TPSA) is 99.3 Å². The summed E-state index contributed by atoms with van der Waals surface area (Å²) in [6.45, 7) is 2.37. The summed E-state index contributed by atoms with van der Waals surface area (Å²) in [5.74, 6) is 1.94. The second-order valence-corrected chi connectivity index (χ2v) is 9.62. The molecule has 0 radical (unpaired) electrons. The average Bonchev–Trinajstić information content (AvgIpc) is 2.98. The van der Waals surface area contributed by atoms with Crippen molar-refractivity contribution in [3.63, 3.8) is 0 Å². The van der Waals surface area contributed by atoms with Gasteiger partial charge in [0, 0.05) is 23.2 Å². The van der Waals surface area contributed by atoms with Crippen molar-refractivity contribution >= 4 is 16.8 Å². The normalized spacial score (nSPS) is 14.4. The summed E-state index contributed by atoms with van der Waals surface area (Å²) in [5, 5.41) is 0.877. The summed E-state index contributed by atoms with van der Waals surface area (Å²) in [5.41, 5.74) is 4.08. The van der Waals surface area contributed by atoms with Crippen LogP contribution in [0.25, 0.3) is 10.9 Å². The number of rotatable bonds is 7. The van der Waals surface area contributed by atoms with Gasteiger partial charge in [-0.3, -0.25) is 9.59 Å². The summed E-state index contributed by atoms with van der Waals surface area (Å²) in [6, 6.07) is 14.0. The van der Waals surface area contributed by atoms with Crippen LogP contribution in [0.4, 0.5) is 0 Å². The molecule has 2 heterocycles. The minimum absolute atomic E-state index is 0.272. The van der Waals surface area contributed by atoms with Crippen LogP contribution >= 0.6 is 0 Å². The number of ether oxygens (including phenoxy) is 5. The molecule has 1 atom stereocenters. The van der Waals surface area contributed by atoms with E-state index in [1.165, 1.54) is 21.3 Å². The van der Waals surface area contributed by atoms with E-state index in [4.69, 9.17) is 23.7 Å². The van der Waals surface area contributed by atoms with Crippen molar-refractivity contribution in [2.45, 2.75) is 19.4 Å². The molecule has 208 valence electrons. The van der Waals surface area contributed by atoms with Gasteiger partial charge in [-0.05, 0) is 72.3 Å². The minimum atomic E-state index is -0.691. The third-order valence-electron chi connectivity index (χ3n) is 7.37. The number of aryl methyl sites for hydroxylation is 1. The maximum absolute atomic E-state index is 14.2. The fraction of sp³-hybridized carbons (Fsp3) is 0.290. The molecule has 0 saturated heterocycles. The first-order valence-corrected chi connectivity index (χ1v) is 12.8. The number of H-pyrrole nitrogens is 1. The predicted molar refractivity (Wildman–Crippen MR) is 152 cm³/mol. The van der Waals surface area contributed by atoms with Gasteiger partial charge in [-0.15, -0.1) is 0 Å². The lowest BCUT2D eigenvalue weighted by atomic mass is 9.87. The number of methoxy groups -OCH3 is 5. The zero-order chi connectivity index (χ0) is 28.6. The zero-order valence-corrected chi connectivity index (χ0v) is 23.4. The van der Waals surface area contributed by atoms with E-state index in [0.29, 0.717) is 52.8 Å². The van der Waals surface area contributed by atoms with Crippen LogP contribution in [0.5, 0.6) is 28.7 Å². The first-order valence-electron chi connectivity index (χ1n) is 12.8. The van der Waals surface area contributed by atoms with Gasteiger partial charge in [0.1, 0.15) is 0 Å². The molecule has 1 aromatic heterocycles. The number of nitrogens with one attached hydrogen (secondary N) is 1. The Morgan fingerprint density at radius 2 is 1.45 bits per heavy atom. The Bertz CT molecular complexity index is 1640. The van der Waals surface area contributed by atoms with E-state index in [9.17, 15) is 9.59 Å². The number of carbonyl (C=O) groups is 1. The number of carbonyl (C=O) groups excluding carboxylic acids is 1. The minimum Gasteiger partial charge on any atom is -0.493 e. The van der Waals surface area contributed by atoms with Gasteiger partial charge in [0.15, 0.2) is 23.0 Å². The Balaban J connectivity index is 1.73. The molecule has 0 fully saturated rings. The van der Waals surface area contributed by atoms with Crippen molar-refractivity contribution in [1.29, 1.82) is 0 Å². The van der Waals surface area contributed by atoms with Gasteiger partial charge in [-0.1, -0.05) is 11.6 Å². The molecular formula is C31H32N2O7. The lowest BCUT2D eigenvalue weighted by molar-refractivity contribution is 0.0692. The molecule has 0 bridgehead atoms. The van der Waals surface area contributed by atoms with E-state index in [0.717, 1.165) is 27.6 Å². The van der Waals surface area contributed by atoms with E-state index in [-0.39, 0.29) is 11.5 Å². The standard InChI is InChI=1S/C31H32N2O7/c1-17-7-8-23-19(11-17)12-22(30(34)32-23)28-21-16-25(37-3)24(36-2)13-18(21)9-10-33(28)31(35)20-14-26(38-4)29(40-6)27(15-20)39-5/h7-8,11-16,28H,9-10H2,1-6H3,(H,32,34). The SMILES string of the molecule is COc1cc2c(cc1OC)C(c1cc3cc(C)ccc3[nH]c1=O)N(C(=O)c1cc(OC)c(OC)c(OC)c1)CC2. The van der Waals surface area contributed by atoms with E-state index < -0.39 is 6.04 Å². The van der Waals surface area contributed by atoms with Crippen molar-refractivity contribution in [1.82, 2.24) is 9.88 Å². The molecule has 5 rings (SSSR count). The van der Waals surface area contributed by atoms with Gasteiger partial charge in [0.05, 0.1) is 41.6 Å². The molecule has 9 nitrogen and oxygen atoms in total. The van der Waals surface area contributed by atoms with Crippen LogP contribution in [0, 0.1) is 6.92 Å². The highest BCUT2D eigenvalue weighted by atomic mass is 16.5. The van der Waals surface area contributed by atoms with Gasteiger partial charge in [-0.2, -0.15) is 0 Å². The fourth-order valence-corrected chi connectivity index (χ4v) is 5.42. The zero-order valence-electron chi connectivity index (χ0n) is 23.4. The van der Waals surface area contributed by atoms with Crippen LogP contribution in [0.3, 0.4) is 0 Å². The van der Waals surface area contributed by atoms with Gasteiger partial charge < -0.3 is 33.6 Å². The Hall–Kier alpha value is -4.66. The Labute approximate surface area is 232 Å². The lowest BCUT2D eigenvalue weighted by Crippen LogP contribution is -2.42. The summed E-state index contributed by atoms with van der Waals surface area (Å²) >= 11 is 0. The summed E-state index contributed by atoms with van der Waals surface area (Å²) in [7, 11) is 7.66. The fourth-order valence-electron chi connectivity index (χ4n) is 5.42. The van der Waals surface area contributed by atoms with Crippen LogP contribution in [0.2, 0.25) is 0 Å². The number of fused-ring (bicyclic) bond motifs is 2. The Morgan fingerprint density at radius 1 is 0.800 bits per heavy atom. The van der Waals surface area contributed by atoms with Gasteiger partial charge in [-0.25, -0.2) is 0 Å². The van der Waals surface area contributed by atoms with Crippen molar-refractivity contribution in [2.75, 3.05) is 42.1 Å². The van der Waals surface area contributed by atoms with Crippen molar-refractivity contribution < 1.29 is 28.5 Å². The molecule has 1 aliphatic rings. The first-order chi connectivity index (χ1) is 19.3. The van der Waals surface area contributed by atoms with Crippen LogP contribution in [-0.2, 0) is 6.42 Å². The first kappa shape index (κ1) is 26.9. The van der Waals surface area contributed by atoms with E-state index in [1.54, 1.807) is 31.3 Å². The highest BCUT2D eigenvalue weighted by Crippen LogP contribution is 2.43. The van der Waals surface area contributed by atoms with Crippen LogP contribution < -0.4 is 29.2 Å². The number of nitrogens with zero attached hydrogens (tertiary/aromatic N) is 1. The quantitative estimate of drug-likeness (QED) is 0.361. The molecule has 40 heavy (non-hydrogen) atoms. The maximum Gasteiger partial charge on any atom is 0.254 e. The summed E-state index contributed by atoms with van der Waals surface area (Å²) in [4.78, 5) is 32.5. The Kier molecular flexibility index (Phi) is 7.30. The molecule has 0 spiro atoms. The molecule has 9 heteroatoms. The van der Waals surface area contributed by atoms with Gasteiger partial charge in [0.25, 0.3) is 11.5 Å². The highest BCUT2D eigenvalue weighted by Gasteiger charge is 2.36. The van der Waals surface area contributed by atoms with Gasteiger partial charge >= 0.3 is 0 Å². The molecule has 0 aliphatic carbocycles. The maximum atomic E-state index is 14.2. The number of benzene rings is 3. The summed E-state index contributed by atoms with van der Waals surface area (Å²) < 4.78 is 27.6. The smallest absolute Gasteiger partial charge is 0.254 e. The number of pyridine rings is 1. The number of aromatic amines is 1. The monoisotopic (exact) mass is 544 g/mol. The van der Waals surface area contributed by atoms with E-state index in [1.807, 2.05) is 43.3 Å². The number of amides is 1. The lowest BCUT2D eigenvalue weighted by Gasteiger charge is -2.38. The number of hydrogen-bond acceptors (Lipinski definition) is 7. The van der Waals surface area contributed by atoms with Crippen molar-refractivity contribution in [2.24, 2.45) is 0 Å². The van der Waals surface area contributed by atoms with Crippen molar-refractivity contribution in [3.8, 4) is 28.7 Å². The van der Waals surface area contributed by atoms with Gasteiger partial charge in [0.2, 0.25) is 5.75 Å². The van der Waals surface area contributed by atoms with Crippen molar-refractivity contribution in [3.05, 3.63) is 86.7 Å². The second-order valence-electron chi connectivity index (χ2n) is 9.62. The molecule has 3 aromatic carbocycles. The van der Waals surface area contributed by atoms with E-state index in [2.05, 4.69) is 4.98 Å². The second kappa shape index (κ2) is 10.8. The third kappa shape index (κ3) is 4.57. The molecule has 0 saturated carbocycles. The highest BCUT2D eigenvalue weighted by molar-refractivity contribution is 5.96. The van der Waals surface area contributed by atoms with Crippen LogP contribution in [0.15, 0.2) is 53.3 Å². The molecule has 1 aliphatic heterocycles. The number of hydrogen-bond donors (Lipinski definition) is 1. The van der Waals surface area contributed by atoms with Crippen LogP contribution in [-0.4, -0.2) is 57.9 Å².